The molecule has 0 aliphatic carbocycles. The molecule has 1 fully saturated rings. The van der Waals surface area contributed by atoms with Gasteiger partial charge in [0.05, 0.1) is 0 Å². The Hall–Kier alpha value is -1.55. The van der Waals surface area contributed by atoms with Gasteiger partial charge in [0.1, 0.15) is 6.04 Å². The Labute approximate surface area is 114 Å². The first kappa shape index (κ1) is 13.9. The molecule has 0 radical (unpaired) electrons. The topological polar surface area (TPSA) is 52.6 Å². The molecule has 1 aromatic rings. The monoisotopic (exact) mass is 262 g/mol. The van der Waals surface area contributed by atoms with Crippen LogP contribution in [-0.2, 0) is 4.79 Å². The molecule has 1 heterocycles. The van der Waals surface area contributed by atoms with E-state index in [1.54, 1.807) is 0 Å². The Morgan fingerprint density at radius 2 is 2.21 bits per heavy atom. The Balaban J connectivity index is 1.89. The van der Waals surface area contributed by atoms with Crippen LogP contribution in [-0.4, -0.2) is 36.8 Å². The average Bonchev–Trinajstić information content (AvgIpc) is 2.88. The van der Waals surface area contributed by atoms with Gasteiger partial charge in [0.25, 0.3) is 0 Å². The molecular weight excluding hydrogens is 240 g/mol. The van der Waals surface area contributed by atoms with E-state index in [9.17, 15) is 9.90 Å². The van der Waals surface area contributed by atoms with Crippen LogP contribution in [0.15, 0.2) is 30.3 Å². The van der Waals surface area contributed by atoms with E-state index >= 15 is 0 Å². The Kier molecular flexibility index (Phi) is 4.80. The summed E-state index contributed by atoms with van der Waals surface area (Å²) in [5.41, 5.74) is 1.24. The molecule has 0 aromatic heterocycles. The predicted molar refractivity (Wildman–Crippen MR) is 76.5 cm³/mol. The zero-order valence-corrected chi connectivity index (χ0v) is 11.4. The maximum absolute atomic E-state index is 11.2. The first-order valence-corrected chi connectivity index (χ1v) is 6.97. The minimum Gasteiger partial charge on any atom is -0.480 e. The number of aliphatic carboxylic acids is 1. The largest absolute Gasteiger partial charge is 0.480 e. The lowest BCUT2D eigenvalue weighted by Gasteiger charge is -2.20. The maximum atomic E-state index is 11.2. The number of carboxylic acid groups (broad SMARTS) is 1. The maximum Gasteiger partial charge on any atom is 0.320 e. The molecule has 2 atom stereocenters. The van der Waals surface area contributed by atoms with Crippen LogP contribution in [0.2, 0.25) is 0 Å². The van der Waals surface area contributed by atoms with Crippen LogP contribution < -0.4 is 10.2 Å². The quantitative estimate of drug-likeness (QED) is 0.823. The van der Waals surface area contributed by atoms with Crippen molar-refractivity contribution in [2.24, 2.45) is 5.92 Å². The van der Waals surface area contributed by atoms with E-state index in [0.717, 1.165) is 19.5 Å². The fourth-order valence-corrected chi connectivity index (χ4v) is 2.75. The van der Waals surface area contributed by atoms with E-state index in [4.69, 9.17) is 0 Å². The summed E-state index contributed by atoms with van der Waals surface area (Å²) in [7, 11) is 0. The Morgan fingerprint density at radius 3 is 2.84 bits per heavy atom. The zero-order chi connectivity index (χ0) is 13.7. The number of hydrogen-bond acceptors (Lipinski definition) is 3. The van der Waals surface area contributed by atoms with E-state index in [0.29, 0.717) is 18.9 Å². The van der Waals surface area contributed by atoms with Gasteiger partial charge in [-0.25, -0.2) is 0 Å². The molecule has 19 heavy (non-hydrogen) atoms. The smallest absolute Gasteiger partial charge is 0.320 e. The number of carboxylic acids is 1. The molecule has 0 saturated carbocycles. The first-order valence-electron chi connectivity index (χ1n) is 6.97. The molecule has 4 nitrogen and oxygen atoms in total. The molecule has 1 aromatic carbocycles. The minimum absolute atomic E-state index is 0.411. The lowest BCUT2D eigenvalue weighted by Crippen LogP contribution is -2.38. The van der Waals surface area contributed by atoms with Gasteiger partial charge in [-0.2, -0.15) is 0 Å². The molecule has 0 spiro atoms. The van der Waals surface area contributed by atoms with Crippen molar-refractivity contribution < 1.29 is 9.90 Å². The van der Waals surface area contributed by atoms with Crippen LogP contribution in [0.25, 0.3) is 0 Å². The summed E-state index contributed by atoms with van der Waals surface area (Å²) in [4.78, 5) is 13.5. The van der Waals surface area contributed by atoms with E-state index in [1.807, 2.05) is 25.1 Å². The van der Waals surface area contributed by atoms with Crippen molar-refractivity contribution in [1.82, 2.24) is 5.32 Å². The molecule has 2 N–H and O–H groups in total. The van der Waals surface area contributed by atoms with Crippen LogP contribution >= 0.6 is 0 Å². The third-order valence-electron chi connectivity index (χ3n) is 3.72. The van der Waals surface area contributed by atoms with Crippen LogP contribution in [0, 0.1) is 5.92 Å². The highest BCUT2D eigenvalue weighted by atomic mass is 16.4. The summed E-state index contributed by atoms with van der Waals surface area (Å²) in [6.45, 7) is 4.62. The van der Waals surface area contributed by atoms with Gasteiger partial charge in [-0.3, -0.25) is 4.79 Å². The molecule has 0 amide bonds. The van der Waals surface area contributed by atoms with E-state index < -0.39 is 12.0 Å². The molecule has 1 aliphatic heterocycles. The van der Waals surface area contributed by atoms with Gasteiger partial charge in [0.2, 0.25) is 0 Å². The van der Waals surface area contributed by atoms with Gasteiger partial charge in [-0.05, 0) is 37.4 Å². The number of nitrogens with zero attached hydrogens (tertiary/aromatic N) is 1. The van der Waals surface area contributed by atoms with Crippen molar-refractivity contribution in [3.8, 4) is 0 Å². The van der Waals surface area contributed by atoms with Crippen molar-refractivity contribution >= 4 is 11.7 Å². The van der Waals surface area contributed by atoms with Gasteiger partial charge in [-0.15, -0.1) is 0 Å². The molecule has 0 bridgehead atoms. The van der Waals surface area contributed by atoms with Crippen LogP contribution in [0.3, 0.4) is 0 Å². The molecule has 104 valence electrons. The molecule has 1 saturated heterocycles. The van der Waals surface area contributed by atoms with Crippen molar-refractivity contribution in [3.05, 3.63) is 30.3 Å². The third kappa shape index (κ3) is 3.70. The number of likely N-dealkylation sites (N-methyl/N-ethyl adjacent to an activating group) is 1. The Bertz CT molecular complexity index is 408. The average molecular weight is 262 g/mol. The SMILES string of the molecule is CCNC(CC1CCN(c2ccccc2)C1)C(=O)O. The number of hydrogen-bond donors (Lipinski definition) is 2. The summed E-state index contributed by atoms with van der Waals surface area (Å²) >= 11 is 0. The highest BCUT2D eigenvalue weighted by Crippen LogP contribution is 2.26. The summed E-state index contributed by atoms with van der Waals surface area (Å²) in [6.07, 6.45) is 1.79. The van der Waals surface area contributed by atoms with Gasteiger partial charge < -0.3 is 15.3 Å². The number of carbonyl (C=O) groups is 1. The number of nitrogens with one attached hydrogen (secondary N) is 1. The van der Waals surface area contributed by atoms with Crippen molar-refractivity contribution in [2.45, 2.75) is 25.8 Å². The zero-order valence-electron chi connectivity index (χ0n) is 11.4. The van der Waals surface area contributed by atoms with Gasteiger partial charge >= 0.3 is 5.97 Å². The van der Waals surface area contributed by atoms with E-state index in [2.05, 4.69) is 22.3 Å². The minimum atomic E-state index is -0.736. The summed E-state index contributed by atoms with van der Waals surface area (Å²) < 4.78 is 0. The number of para-hydroxylation sites is 1. The molecule has 2 rings (SSSR count). The van der Waals surface area contributed by atoms with Gasteiger partial charge in [-0.1, -0.05) is 25.1 Å². The van der Waals surface area contributed by atoms with Crippen LogP contribution in [0.4, 0.5) is 5.69 Å². The molecule has 1 aliphatic rings. The predicted octanol–water partition coefficient (Wildman–Crippen LogP) is 1.97. The molecule has 4 heteroatoms. The Morgan fingerprint density at radius 1 is 1.47 bits per heavy atom. The van der Waals surface area contributed by atoms with E-state index in [1.165, 1.54) is 5.69 Å². The highest BCUT2D eigenvalue weighted by Gasteiger charge is 2.27. The number of anilines is 1. The fourth-order valence-electron chi connectivity index (χ4n) is 2.75. The summed E-state index contributed by atoms with van der Waals surface area (Å²) in [5, 5.41) is 12.2. The first-order chi connectivity index (χ1) is 9.20. The van der Waals surface area contributed by atoms with Crippen LogP contribution in [0.5, 0.6) is 0 Å². The molecular formula is C15H22N2O2. The second-order valence-electron chi connectivity index (χ2n) is 5.12. The molecule has 2 unspecified atom stereocenters. The fraction of sp³-hybridized carbons (Fsp3) is 0.533. The standard InChI is InChI=1S/C15H22N2O2/c1-2-16-14(15(18)19)10-12-8-9-17(11-12)13-6-4-3-5-7-13/h3-7,12,14,16H,2,8-11H2,1H3,(H,18,19). The second kappa shape index (κ2) is 6.57. The van der Waals surface area contributed by atoms with Crippen molar-refractivity contribution in [3.63, 3.8) is 0 Å². The third-order valence-corrected chi connectivity index (χ3v) is 3.72. The van der Waals surface area contributed by atoms with Gasteiger partial charge in [0, 0.05) is 18.8 Å². The van der Waals surface area contributed by atoms with Crippen molar-refractivity contribution in [1.29, 1.82) is 0 Å². The van der Waals surface area contributed by atoms with Gasteiger partial charge in [0.15, 0.2) is 0 Å². The number of rotatable bonds is 6. The summed E-state index contributed by atoms with van der Waals surface area (Å²) in [6, 6.07) is 9.92. The second-order valence-corrected chi connectivity index (χ2v) is 5.12. The van der Waals surface area contributed by atoms with Crippen molar-refractivity contribution in [2.75, 3.05) is 24.5 Å². The lowest BCUT2D eigenvalue weighted by atomic mass is 9.99. The highest BCUT2D eigenvalue weighted by molar-refractivity contribution is 5.73. The normalized spacial score (nSPS) is 20.5. The van der Waals surface area contributed by atoms with Crippen LogP contribution in [0.1, 0.15) is 19.8 Å². The number of benzene rings is 1. The lowest BCUT2D eigenvalue weighted by molar-refractivity contribution is -0.139. The summed E-state index contributed by atoms with van der Waals surface area (Å²) in [5.74, 6) is -0.277. The van der Waals surface area contributed by atoms with E-state index in [-0.39, 0.29) is 0 Å².